The molecule has 2 heteroatoms. The fourth-order valence-corrected chi connectivity index (χ4v) is 2.71. The van der Waals surface area contributed by atoms with Gasteiger partial charge in [-0.1, -0.05) is 41.9 Å². The van der Waals surface area contributed by atoms with Gasteiger partial charge in [0.1, 0.15) is 0 Å². The SMILES string of the molecule is CC1CCC(OCc2ccc(Br)cc2)CC1C. The van der Waals surface area contributed by atoms with Crippen molar-refractivity contribution in [3.05, 3.63) is 34.3 Å². The van der Waals surface area contributed by atoms with E-state index >= 15 is 0 Å². The lowest BCUT2D eigenvalue weighted by Gasteiger charge is -2.32. The Balaban J connectivity index is 1.80. The number of ether oxygens (including phenoxy) is 1. The molecule has 1 aromatic carbocycles. The Hall–Kier alpha value is -0.340. The quantitative estimate of drug-likeness (QED) is 0.779. The third kappa shape index (κ3) is 3.82. The smallest absolute Gasteiger partial charge is 0.0720 e. The van der Waals surface area contributed by atoms with Crippen LogP contribution in [0.2, 0.25) is 0 Å². The van der Waals surface area contributed by atoms with Crippen molar-refractivity contribution >= 4 is 15.9 Å². The van der Waals surface area contributed by atoms with Crippen LogP contribution in [0.1, 0.15) is 38.7 Å². The van der Waals surface area contributed by atoms with Gasteiger partial charge in [-0.15, -0.1) is 0 Å². The van der Waals surface area contributed by atoms with Gasteiger partial charge in [0.25, 0.3) is 0 Å². The van der Waals surface area contributed by atoms with Gasteiger partial charge in [0.2, 0.25) is 0 Å². The van der Waals surface area contributed by atoms with Crippen LogP contribution in [0.25, 0.3) is 0 Å². The number of hydrogen-bond donors (Lipinski definition) is 0. The van der Waals surface area contributed by atoms with Crippen LogP contribution in [-0.4, -0.2) is 6.10 Å². The summed E-state index contributed by atoms with van der Waals surface area (Å²) in [6, 6.07) is 8.40. The van der Waals surface area contributed by atoms with Crippen LogP contribution in [0.3, 0.4) is 0 Å². The molecule has 0 radical (unpaired) electrons. The van der Waals surface area contributed by atoms with Crippen LogP contribution < -0.4 is 0 Å². The molecule has 3 unspecified atom stereocenters. The summed E-state index contributed by atoms with van der Waals surface area (Å²) in [4.78, 5) is 0. The number of hydrogen-bond acceptors (Lipinski definition) is 1. The molecule has 0 spiro atoms. The topological polar surface area (TPSA) is 9.23 Å². The van der Waals surface area contributed by atoms with Crippen LogP contribution in [-0.2, 0) is 11.3 Å². The van der Waals surface area contributed by atoms with Crippen molar-refractivity contribution in [2.75, 3.05) is 0 Å². The Morgan fingerprint density at radius 3 is 2.47 bits per heavy atom. The van der Waals surface area contributed by atoms with E-state index in [1.165, 1.54) is 24.8 Å². The second kappa shape index (κ2) is 6.01. The number of halogens is 1. The summed E-state index contributed by atoms with van der Waals surface area (Å²) < 4.78 is 7.14. The average molecular weight is 297 g/mol. The molecule has 0 heterocycles. The van der Waals surface area contributed by atoms with E-state index in [1.807, 2.05) is 0 Å². The summed E-state index contributed by atoms with van der Waals surface area (Å²) in [5.41, 5.74) is 1.26. The van der Waals surface area contributed by atoms with Crippen LogP contribution in [0.4, 0.5) is 0 Å². The minimum atomic E-state index is 0.463. The van der Waals surface area contributed by atoms with Crippen molar-refractivity contribution in [1.82, 2.24) is 0 Å². The highest BCUT2D eigenvalue weighted by Crippen LogP contribution is 2.31. The largest absolute Gasteiger partial charge is 0.374 e. The van der Waals surface area contributed by atoms with Gasteiger partial charge in [0.05, 0.1) is 12.7 Å². The Labute approximate surface area is 113 Å². The Morgan fingerprint density at radius 1 is 1.12 bits per heavy atom. The Morgan fingerprint density at radius 2 is 1.82 bits per heavy atom. The molecule has 1 nitrogen and oxygen atoms in total. The number of benzene rings is 1. The van der Waals surface area contributed by atoms with E-state index in [2.05, 4.69) is 54.0 Å². The molecule has 1 aliphatic rings. The lowest BCUT2D eigenvalue weighted by Crippen LogP contribution is -2.26. The maximum absolute atomic E-state index is 6.01. The van der Waals surface area contributed by atoms with Crippen molar-refractivity contribution in [2.45, 2.75) is 45.8 Å². The van der Waals surface area contributed by atoms with E-state index in [-0.39, 0.29) is 0 Å². The highest BCUT2D eigenvalue weighted by molar-refractivity contribution is 9.10. The van der Waals surface area contributed by atoms with Gasteiger partial charge in [0, 0.05) is 4.47 Å². The average Bonchev–Trinajstić information content (AvgIpc) is 2.33. The van der Waals surface area contributed by atoms with Crippen molar-refractivity contribution in [3.63, 3.8) is 0 Å². The molecule has 2 rings (SSSR count). The minimum Gasteiger partial charge on any atom is -0.374 e. The van der Waals surface area contributed by atoms with Gasteiger partial charge in [0.15, 0.2) is 0 Å². The zero-order valence-electron chi connectivity index (χ0n) is 10.7. The van der Waals surface area contributed by atoms with Gasteiger partial charge in [-0.05, 0) is 48.8 Å². The molecule has 1 aromatic rings. The predicted molar refractivity (Wildman–Crippen MR) is 74.9 cm³/mol. The molecule has 0 aromatic heterocycles. The van der Waals surface area contributed by atoms with Crippen molar-refractivity contribution < 1.29 is 4.74 Å². The molecule has 1 fully saturated rings. The third-order valence-electron chi connectivity index (χ3n) is 3.95. The molecule has 1 saturated carbocycles. The molecule has 0 N–H and O–H groups in total. The van der Waals surface area contributed by atoms with E-state index < -0.39 is 0 Å². The first-order valence-electron chi connectivity index (χ1n) is 6.51. The molecule has 3 atom stereocenters. The summed E-state index contributed by atoms with van der Waals surface area (Å²) >= 11 is 3.45. The molecule has 1 aliphatic carbocycles. The van der Waals surface area contributed by atoms with Crippen LogP contribution in [0, 0.1) is 11.8 Å². The standard InChI is InChI=1S/C15H21BrO/c1-11-3-8-15(9-12(11)2)17-10-13-4-6-14(16)7-5-13/h4-7,11-12,15H,3,8-10H2,1-2H3. The maximum atomic E-state index is 6.01. The van der Waals surface area contributed by atoms with Crippen LogP contribution in [0.5, 0.6) is 0 Å². The fourth-order valence-electron chi connectivity index (χ4n) is 2.44. The summed E-state index contributed by atoms with van der Waals surface area (Å²) in [6.07, 6.45) is 4.22. The molecule has 17 heavy (non-hydrogen) atoms. The lowest BCUT2D eigenvalue weighted by atomic mass is 9.80. The third-order valence-corrected chi connectivity index (χ3v) is 4.48. The molecule has 94 valence electrons. The van der Waals surface area contributed by atoms with Crippen molar-refractivity contribution in [2.24, 2.45) is 11.8 Å². The zero-order valence-corrected chi connectivity index (χ0v) is 12.2. The van der Waals surface area contributed by atoms with Crippen LogP contribution >= 0.6 is 15.9 Å². The lowest BCUT2D eigenvalue weighted by molar-refractivity contribution is -0.00745. The number of rotatable bonds is 3. The van der Waals surface area contributed by atoms with Gasteiger partial charge in [-0.3, -0.25) is 0 Å². The first kappa shape index (κ1) is 13.1. The van der Waals surface area contributed by atoms with Gasteiger partial charge >= 0.3 is 0 Å². The predicted octanol–water partition coefficient (Wildman–Crippen LogP) is 4.79. The normalized spacial score (nSPS) is 29.2. The summed E-state index contributed by atoms with van der Waals surface area (Å²) in [7, 11) is 0. The monoisotopic (exact) mass is 296 g/mol. The zero-order chi connectivity index (χ0) is 12.3. The molecular weight excluding hydrogens is 276 g/mol. The second-order valence-electron chi connectivity index (χ2n) is 5.33. The van der Waals surface area contributed by atoms with E-state index in [0.29, 0.717) is 6.10 Å². The highest BCUT2D eigenvalue weighted by atomic mass is 79.9. The van der Waals surface area contributed by atoms with Gasteiger partial charge in [-0.2, -0.15) is 0 Å². The highest BCUT2D eigenvalue weighted by Gasteiger charge is 2.24. The second-order valence-corrected chi connectivity index (χ2v) is 6.24. The van der Waals surface area contributed by atoms with Gasteiger partial charge < -0.3 is 4.74 Å². The molecule has 0 aliphatic heterocycles. The fraction of sp³-hybridized carbons (Fsp3) is 0.600. The Kier molecular flexibility index (Phi) is 4.63. The first-order valence-corrected chi connectivity index (χ1v) is 7.30. The van der Waals surface area contributed by atoms with Gasteiger partial charge in [-0.25, -0.2) is 0 Å². The van der Waals surface area contributed by atoms with E-state index in [0.717, 1.165) is 22.9 Å². The molecule has 0 saturated heterocycles. The van der Waals surface area contributed by atoms with E-state index in [9.17, 15) is 0 Å². The Bertz CT molecular complexity index is 346. The molecular formula is C15H21BrO. The minimum absolute atomic E-state index is 0.463. The maximum Gasteiger partial charge on any atom is 0.0720 e. The summed E-state index contributed by atoms with van der Waals surface area (Å²) in [5.74, 6) is 1.67. The molecule has 0 bridgehead atoms. The summed E-state index contributed by atoms with van der Waals surface area (Å²) in [5, 5.41) is 0. The van der Waals surface area contributed by atoms with Crippen LogP contribution in [0.15, 0.2) is 28.7 Å². The molecule has 0 amide bonds. The van der Waals surface area contributed by atoms with E-state index in [1.54, 1.807) is 0 Å². The van der Waals surface area contributed by atoms with Crippen molar-refractivity contribution in [3.8, 4) is 0 Å². The van der Waals surface area contributed by atoms with E-state index in [4.69, 9.17) is 4.74 Å². The summed E-state index contributed by atoms with van der Waals surface area (Å²) in [6.45, 7) is 5.45. The first-order chi connectivity index (χ1) is 8.15. The van der Waals surface area contributed by atoms with Crippen molar-refractivity contribution in [1.29, 1.82) is 0 Å².